The van der Waals surface area contributed by atoms with E-state index in [4.69, 9.17) is 5.10 Å². The molecule has 6 nitrogen and oxygen atoms in total. The van der Waals surface area contributed by atoms with E-state index in [-0.39, 0.29) is 0 Å². The molecule has 1 aromatic carbocycles. The Labute approximate surface area is 164 Å². The third-order valence-corrected chi connectivity index (χ3v) is 4.91. The summed E-state index contributed by atoms with van der Waals surface area (Å²) in [5, 5.41) is 13.9. The first-order valence-corrected chi connectivity index (χ1v) is 9.25. The molecular weight excluding hydrogens is 348 g/mol. The molecule has 0 aliphatic rings. The van der Waals surface area contributed by atoms with Crippen LogP contribution in [0.2, 0.25) is 0 Å². The van der Waals surface area contributed by atoms with Gasteiger partial charge in [-0.2, -0.15) is 15.3 Å². The summed E-state index contributed by atoms with van der Waals surface area (Å²) in [6, 6.07) is 10.5. The van der Waals surface area contributed by atoms with Crippen LogP contribution in [0.4, 0.5) is 0 Å². The maximum atomic E-state index is 4.93. The normalized spacial score (nSPS) is 11.1. The Hall–Kier alpha value is -3.41. The Kier molecular flexibility index (Phi) is 4.47. The van der Waals surface area contributed by atoms with Gasteiger partial charge in [-0.25, -0.2) is 0 Å². The van der Waals surface area contributed by atoms with Gasteiger partial charge in [0.05, 0.1) is 29.3 Å². The third kappa shape index (κ3) is 3.29. The lowest BCUT2D eigenvalue weighted by Gasteiger charge is -2.07. The van der Waals surface area contributed by atoms with Crippen LogP contribution in [0.15, 0.2) is 49.3 Å². The average molecular weight is 372 g/mol. The van der Waals surface area contributed by atoms with Crippen molar-refractivity contribution in [2.24, 2.45) is 14.1 Å². The molecule has 3 aromatic heterocycles. The quantitative estimate of drug-likeness (QED) is 0.532. The summed E-state index contributed by atoms with van der Waals surface area (Å²) in [5.74, 6) is 0. The highest BCUT2D eigenvalue weighted by molar-refractivity contribution is 5.70. The molecular formula is C22H24N6. The van der Waals surface area contributed by atoms with E-state index in [1.54, 1.807) is 0 Å². The van der Waals surface area contributed by atoms with Crippen LogP contribution in [0.5, 0.6) is 0 Å². The lowest BCUT2D eigenvalue weighted by atomic mass is 10.1. The Morgan fingerprint density at radius 1 is 0.893 bits per heavy atom. The molecule has 6 heteroatoms. The van der Waals surface area contributed by atoms with Gasteiger partial charge in [0, 0.05) is 37.6 Å². The molecule has 28 heavy (non-hydrogen) atoms. The summed E-state index contributed by atoms with van der Waals surface area (Å²) in [6.45, 7) is 8.54. The molecule has 0 atom stereocenters. The molecule has 0 aliphatic carbocycles. The van der Waals surface area contributed by atoms with E-state index < -0.39 is 0 Å². The predicted molar refractivity (Wildman–Crippen MR) is 112 cm³/mol. The highest BCUT2D eigenvalue weighted by Crippen LogP contribution is 2.29. The number of aryl methyl sites for hydroxylation is 4. The molecule has 0 unspecified atom stereocenters. The fraction of sp³-hybridized carbons (Fsp3) is 0.227. The fourth-order valence-corrected chi connectivity index (χ4v) is 3.52. The van der Waals surface area contributed by atoms with Crippen molar-refractivity contribution in [3.05, 3.63) is 71.8 Å². The molecule has 0 radical (unpaired) electrons. The summed E-state index contributed by atoms with van der Waals surface area (Å²) in [5.41, 5.74) is 8.36. The summed E-state index contributed by atoms with van der Waals surface area (Å²) >= 11 is 0. The van der Waals surface area contributed by atoms with E-state index in [9.17, 15) is 0 Å². The van der Waals surface area contributed by atoms with Gasteiger partial charge in [-0.15, -0.1) is 0 Å². The van der Waals surface area contributed by atoms with Crippen molar-refractivity contribution < 1.29 is 0 Å². The third-order valence-electron chi connectivity index (χ3n) is 4.91. The summed E-state index contributed by atoms with van der Waals surface area (Å²) < 4.78 is 5.72. The van der Waals surface area contributed by atoms with Gasteiger partial charge in [-0.05, 0) is 31.0 Å². The van der Waals surface area contributed by atoms with Crippen molar-refractivity contribution in [1.82, 2.24) is 29.3 Å². The fourth-order valence-electron chi connectivity index (χ4n) is 3.52. The zero-order chi connectivity index (χ0) is 19.8. The van der Waals surface area contributed by atoms with Crippen molar-refractivity contribution in [1.29, 1.82) is 0 Å². The van der Waals surface area contributed by atoms with Gasteiger partial charge >= 0.3 is 0 Å². The summed E-state index contributed by atoms with van der Waals surface area (Å²) in [4.78, 5) is 0. The zero-order valence-corrected chi connectivity index (χ0v) is 16.7. The van der Waals surface area contributed by atoms with E-state index in [0.29, 0.717) is 6.54 Å². The standard InChI is InChI=1S/C22H24N6/c1-6-17-7-9-18(10-8-17)12-28-22(20-14-27(5)24-16(20)3)11-21(25-28)19-13-26(4)23-15(19)2/h6-11,13-14H,1,12H2,2-5H3. The van der Waals surface area contributed by atoms with E-state index in [1.807, 2.05) is 55.8 Å². The monoisotopic (exact) mass is 372 g/mol. The number of hydrogen-bond donors (Lipinski definition) is 0. The predicted octanol–water partition coefficient (Wildman–Crippen LogP) is 3.99. The number of hydrogen-bond acceptors (Lipinski definition) is 3. The van der Waals surface area contributed by atoms with Crippen molar-refractivity contribution in [3.8, 4) is 22.5 Å². The van der Waals surface area contributed by atoms with Crippen LogP contribution < -0.4 is 0 Å². The highest BCUT2D eigenvalue weighted by atomic mass is 15.3. The molecule has 4 aromatic rings. The van der Waals surface area contributed by atoms with Gasteiger partial charge in [-0.3, -0.25) is 14.0 Å². The van der Waals surface area contributed by atoms with Gasteiger partial charge in [0.1, 0.15) is 0 Å². The van der Waals surface area contributed by atoms with Crippen molar-refractivity contribution >= 4 is 6.08 Å². The van der Waals surface area contributed by atoms with E-state index >= 15 is 0 Å². The second-order valence-corrected chi connectivity index (χ2v) is 7.12. The lowest BCUT2D eigenvalue weighted by Crippen LogP contribution is -2.04. The molecule has 0 spiro atoms. The smallest absolute Gasteiger partial charge is 0.0964 e. The van der Waals surface area contributed by atoms with Crippen LogP contribution in [-0.2, 0) is 20.6 Å². The molecule has 142 valence electrons. The zero-order valence-electron chi connectivity index (χ0n) is 16.7. The average Bonchev–Trinajstić information content (AvgIpc) is 3.32. The van der Waals surface area contributed by atoms with Crippen LogP contribution >= 0.6 is 0 Å². The first-order chi connectivity index (χ1) is 13.4. The van der Waals surface area contributed by atoms with Crippen molar-refractivity contribution in [2.75, 3.05) is 0 Å². The number of benzene rings is 1. The summed E-state index contributed by atoms with van der Waals surface area (Å²) in [6.07, 6.45) is 5.91. The van der Waals surface area contributed by atoms with E-state index in [1.165, 1.54) is 5.56 Å². The van der Waals surface area contributed by atoms with Crippen LogP contribution in [0.25, 0.3) is 28.6 Å². The Bertz CT molecular complexity index is 1140. The molecule has 4 rings (SSSR count). The number of nitrogens with zero attached hydrogens (tertiary/aromatic N) is 6. The molecule has 0 aliphatic heterocycles. The topological polar surface area (TPSA) is 53.5 Å². The van der Waals surface area contributed by atoms with Gasteiger partial charge < -0.3 is 0 Å². The van der Waals surface area contributed by atoms with Gasteiger partial charge in [0.25, 0.3) is 0 Å². The van der Waals surface area contributed by atoms with Crippen LogP contribution in [0.3, 0.4) is 0 Å². The molecule has 0 N–H and O–H groups in total. The van der Waals surface area contributed by atoms with Crippen molar-refractivity contribution in [3.63, 3.8) is 0 Å². The molecule has 0 bridgehead atoms. The first-order valence-electron chi connectivity index (χ1n) is 9.25. The van der Waals surface area contributed by atoms with Gasteiger partial charge in [0.2, 0.25) is 0 Å². The summed E-state index contributed by atoms with van der Waals surface area (Å²) in [7, 11) is 3.87. The Balaban J connectivity index is 1.81. The number of rotatable bonds is 5. The highest BCUT2D eigenvalue weighted by Gasteiger charge is 2.18. The van der Waals surface area contributed by atoms with Gasteiger partial charge in [0.15, 0.2) is 0 Å². The van der Waals surface area contributed by atoms with Crippen molar-refractivity contribution in [2.45, 2.75) is 20.4 Å². The first kappa shape index (κ1) is 18.0. The SMILES string of the molecule is C=Cc1ccc(Cn2nc(-c3cn(C)nc3C)cc2-c2cn(C)nc2C)cc1. The second kappa shape index (κ2) is 6.96. The Morgan fingerprint density at radius 3 is 2.04 bits per heavy atom. The minimum absolute atomic E-state index is 0.681. The second-order valence-electron chi connectivity index (χ2n) is 7.12. The molecule has 3 heterocycles. The van der Waals surface area contributed by atoms with E-state index in [0.717, 1.165) is 39.5 Å². The molecule has 0 saturated heterocycles. The number of aromatic nitrogens is 6. The van der Waals surface area contributed by atoms with Crippen LogP contribution in [0, 0.1) is 13.8 Å². The van der Waals surface area contributed by atoms with Crippen LogP contribution in [-0.4, -0.2) is 29.3 Å². The lowest BCUT2D eigenvalue weighted by molar-refractivity contribution is 0.696. The van der Waals surface area contributed by atoms with Gasteiger partial charge in [-0.1, -0.05) is 36.9 Å². The largest absolute Gasteiger partial charge is 0.275 e. The molecule has 0 saturated carbocycles. The Morgan fingerprint density at radius 2 is 1.50 bits per heavy atom. The van der Waals surface area contributed by atoms with E-state index in [2.05, 4.69) is 51.8 Å². The minimum atomic E-state index is 0.681. The molecule has 0 fully saturated rings. The maximum absolute atomic E-state index is 4.93. The molecule has 0 amide bonds. The minimum Gasteiger partial charge on any atom is -0.275 e. The maximum Gasteiger partial charge on any atom is 0.0964 e. The van der Waals surface area contributed by atoms with Crippen LogP contribution in [0.1, 0.15) is 22.5 Å².